The molecule has 1 aromatic heterocycles. The van der Waals surface area contributed by atoms with Gasteiger partial charge in [0.1, 0.15) is 28.4 Å². The Morgan fingerprint density at radius 2 is 1.68 bits per heavy atom. The number of amides is 1. The van der Waals surface area contributed by atoms with E-state index in [0.717, 1.165) is 24.3 Å². The average molecular weight is 584 g/mol. The number of hydrogen-bond donors (Lipinski definition) is 1. The van der Waals surface area contributed by atoms with Gasteiger partial charge in [-0.05, 0) is 51.0 Å². The third-order valence-electron chi connectivity index (χ3n) is 8.04. The SMILES string of the molecule is O=C(O)COC1(c2nc(Br)cs2)C2CCCC1CN(C(=O)OCC1c3ccccc3-c3ccccc31)C2. The number of benzene rings is 2. The lowest BCUT2D eigenvalue weighted by Crippen LogP contribution is -2.60. The summed E-state index contributed by atoms with van der Waals surface area (Å²) in [5.74, 6) is -1.12. The van der Waals surface area contributed by atoms with Gasteiger partial charge in [-0.2, -0.15) is 0 Å². The first-order chi connectivity index (χ1) is 18.0. The Morgan fingerprint density at radius 1 is 1.05 bits per heavy atom. The topological polar surface area (TPSA) is 89.0 Å². The first-order valence-corrected chi connectivity index (χ1v) is 14.2. The van der Waals surface area contributed by atoms with Crippen LogP contribution in [-0.2, 0) is 19.9 Å². The van der Waals surface area contributed by atoms with Crippen LogP contribution in [0, 0.1) is 11.8 Å². The lowest BCUT2D eigenvalue weighted by molar-refractivity contribution is -0.192. The van der Waals surface area contributed by atoms with E-state index < -0.39 is 18.2 Å². The number of piperidine rings is 1. The lowest BCUT2D eigenvalue weighted by Gasteiger charge is -2.53. The number of thiazole rings is 1. The van der Waals surface area contributed by atoms with Crippen LogP contribution in [-0.4, -0.2) is 53.4 Å². The van der Waals surface area contributed by atoms with Crippen LogP contribution in [0.2, 0.25) is 0 Å². The Morgan fingerprint density at radius 3 is 2.24 bits per heavy atom. The fourth-order valence-corrected chi connectivity index (χ4v) is 8.09. The number of rotatable bonds is 6. The van der Waals surface area contributed by atoms with E-state index in [1.807, 2.05) is 29.6 Å². The maximum atomic E-state index is 13.4. The summed E-state index contributed by atoms with van der Waals surface area (Å²) in [4.78, 5) is 31.3. The smallest absolute Gasteiger partial charge is 0.409 e. The largest absolute Gasteiger partial charge is 0.480 e. The van der Waals surface area contributed by atoms with Gasteiger partial charge < -0.3 is 19.5 Å². The quantitative estimate of drug-likeness (QED) is 0.390. The summed E-state index contributed by atoms with van der Waals surface area (Å²) >= 11 is 4.91. The first kappa shape index (κ1) is 24.6. The minimum atomic E-state index is -1.01. The number of ether oxygens (including phenoxy) is 2. The number of aromatic nitrogens is 1. The second-order valence-corrected chi connectivity index (χ2v) is 11.7. The maximum Gasteiger partial charge on any atom is 0.409 e. The van der Waals surface area contributed by atoms with Gasteiger partial charge in [-0.3, -0.25) is 0 Å². The molecule has 2 heterocycles. The number of hydrogen-bond acceptors (Lipinski definition) is 6. The molecule has 0 radical (unpaired) electrons. The zero-order valence-electron chi connectivity index (χ0n) is 20.1. The van der Waals surface area contributed by atoms with E-state index in [2.05, 4.69) is 45.2 Å². The van der Waals surface area contributed by atoms with Crippen LogP contribution in [0.3, 0.4) is 0 Å². The number of carboxylic acid groups (broad SMARTS) is 1. The van der Waals surface area contributed by atoms with Gasteiger partial charge in [-0.1, -0.05) is 55.0 Å². The molecule has 9 heteroatoms. The van der Waals surface area contributed by atoms with Crippen molar-refractivity contribution < 1.29 is 24.2 Å². The third kappa shape index (κ3) is 4.27. The van der Waals surface area contributed by atoms with Crippen molar-refractivity contribution in [3.63, 3.8) is 0 Å². The van der Waals surface area contributed by atoms with Crippen molar-refractivity contribution in [1.29, 1.82) is 0 Å². The van der Waals surface area contributed by atoms with E-state index in [4.69, 9.17) is 9.47 Å². The zero-order valence-corrected chi connectivity index (χ0v) is 22.5. The fourth-order valence-electron chi connectivity index (χ4n) is 6.53. The molecule has 2 aliphatic carbocycles. The standard InChI is InChI=1S/C28H27BrN2O5S/c29-24-16-37-26(30-24)28(36-15-25(32)33)17-6-5-7-18(28)13-31(12-17)27(34)35-14-23-21-10-3-1-8-19(21)20-9-2-4-11-22(20)23/h1-4,8-11,16-18,23H,5-7,12-15H2,(H,32,33). The molecule has 7 nitrogen and oxygen atoms in total. The molecule has 2 unspecified atom stereocenters. The van der Waals surface area contributed by atoms with Crippen LogP contribution in [0.25, 0.3) is 11.1 Å². The summed E-state index contributed by atoms with van der Waals surface area (Å²) in [6.45, 7) is 0.780. The van der Waals surface area contributed by atoms with Gasteiger partial charge in [0.2, 0.25) is 0 Å². The minimum Gasteiger partial charge on any atom is -0.480 e. The van der Waals surface area contributed by atoms with Gasteiger partial charge in [0.05, 0.1) is 0 Å². The van der Waals surface area contributed by atoms with Crippen LogP contribution in [0.5, 0.6) is 0 Å². The van der Waals surface area contributed by atoms with Crippen molar-refractivity contribution in [3.8, 4) is 11.1 Å². The minimum absolute atomic E-state index is 0.00583. The molecule has 6 rings (SSSR count). The maximum absolute atomic E-state index is 13.4. The monoisotopic (exact) mass is 582 g/mol. The predicted octanol–water partition coefficient (Wildman–Crippen LogP) is 5.88. The number of halogens is 1. The van der Waals surface area contributed by atoms with Gasteiger partial charge in [0.25, 0.3) is 0 Å². The molecule has 1 N–H and O–H groups in total. The highest BCUT2D eigenvalue weighted by Gasteiger charge is 2.56. The number of carbonyl (C=O) groups excluding carboxylic acids is 1. The predicted molar refractivity (Wildman–Crippen MR) is 143 cm³/mol. The van der Waals surface area contributed by atoms with Crippen LogP contribution < -0.4 is 0 Å². The molecule has 0 spiro atoms. The molecule has 1 saturated carbocycles. The van der Waals surface area contributed by atoms with Gasteiger partial charge >= 0.3 is 12.1 Å². The second-order valence-electron chi connectivity index (χ2n) is 9.98. The number of fused-ring (bicyclic) bond motifs is 5. The highest BCUT2D eigenvalue weighted by Crippen LogP contribution is 2.53. The van der Waals surface area contributed by atoms with E-state index in [1.165, 1.54) is 33.6 Å². The molecule has 1 saturated heterocycles. The molecule has 2 bridgehead atoms. The Hall–Kier alpha value is -2.75. The molecule has 2 atom stereocenters. The Bertz CT molecular complexity index is 1280. The summed E-state index contributed by atoms with van der Waals surface area (Å²) in [5, 5.41) is 12.1. The van der Waals surface area contributed by atoms with Crippen LogP contribution in [0.4, 0.5) is 4.79 Å². The molecule has 3 aliphatic rings. The van der Waals surface area contributed by atoms with Gasteiger partial charge in [-0.15, -0.1) is 11.3 Å². The summed E-state index contributed by atoms with van der Waals surface area (Å²) in [5.41, 5.74) is 3.95. The van der Waals surface area contributed by atoms with E-state index >= 15 is 0 Å². The number of nitrogens with zero attached hydrogens (tertiary/aromatic N) is 2. The first-order valence-electron chi connectivity index (χ1n) is 12.5. The van der Waals surface area contributed by atoms with Crippen molar-refractivity contribution in [1.82, 2.24) is 9.88 Å². The fraction of sp³-hybridized carbons (Fsp3) is 0.393. The molecular weight excluding hydrogens is 556 g/mol. The van der Waals surface area contributed by atoms with Crippen molar-refractivity contribution >= 4 is 39.3 Å². The van der Waals surface area contributed by atoms with Crippen LogP contribution in [0.15, 0.2) is 58.5 Å². The number of carboxylic acids is 1. The van der Waals surface area contributed by atoms with Crippen LogP contribution >= 0.6 is 27.3 Å². The summed E-state index contributed by atoms with van der Waals surface area (Å²) < 4.78 is 12.9. The molecule has 1 aliphatic heterocycles. The molecule has 192 valence electrons. The Labute approximate surface area is 227 Å². The van der Waals surface area contributed by atoms with E-state index in [9.17, 15) is 14.7 Å². The Balaban J connectivity index is 1.21. The highest BCUT2D eigenvalue weighted by molar-refractivity contribution is 9.10. The zero-order chi connectivity index (χ0) is 25.6. The molecule has 2 fully saturated rings. The van der Waals surface area contributed by atoms with Crippen molar-refractivity contribution in [2.75, 3.05) is 26.3 Å². The van der Waals surface area contributed by atoms with Crippen molar-refractivity contribution in [2.24, 2.45) is 11.8 Å². The van der Waals surface area contributed by atoms with Crippen molar-refractivity contribution in [2.45, 2.75) is 30.8 Å². The third-order valence-corrected chi connectivity index (χ3v) is 9.72. The van der Waals surface area contributed by atoms with Crippen LogP contribution in [0.1, 0.15) is 41.3 Å². The average Bonchev–Trinajstić information content (AvgIpc) is 3.47. The van der Waals surface area contributed by atoms with Gasteiger partial charge in [0.15, 0.2) is 0 Å². The van der Waals surface area contributed by atoms with Crippen molar-refractivity contribution in [3.05, 3.63) is 74.6 Å². The number of aliphatic carboxylic acids is 1. The summed E-state index contributed by atoms with van der Waals surface area (Å²) in [6.07, 6.45) is 2.35. The van der Waals surface area contributed by atoms with Gasteiger partial charge in [-0.25, -0.2) is 14.6 Å². The molecule has 37 heavy (non-hydrogen) atoms. The van der Waals surface area contributed by atoms with E-state index in [-0.39, 0.29) is 30.5 Å². The summed E-state index contributed by atoms with van der Waals surface area (Å²) in [7, 11) is 0. The number of likely N-dealkylation sites (tertiary alicyclic amines) is 1. The normalized spacial score (nSPS) is 24.4. The van der Waals surface area contributed by atoms with E-state index in [0.29, 0.717) is 17.7 Å². The number of carbonyl (C=O) groups is 2. The molecule has 1 amide bonds. The van der Waals surface area contributed by atoms with Gasteiger partial charge in [0, 0.05) is 36.2 Å². The Kier molecular flexibility index (Phi) is 6.54. The van der Waals surface area contributed by atoms with E-state index in [1.54, 1.807) is 4.90 Å². The highest BCUT2D eigenvalue weighted by atomic mass is 79.9. The summed E-state index contributed by atoms with van der Waals surface area (Å²) in [6, 6.07) is 16.6. The molecular formula is C28H27BrN2O5S. The molecule has 3 aromatic rings. The lowest BCUT2D eigenvalue weighted by atomic mass is 9.65. The molecule has 2 aromatic carbocycles. The second kappa shape index (κ2) is 9.85.